The smallest absolute Gasteiger partial charge is 0.271 e. The summed E-state index contributed by atoms with van der Waals surface area (Å²) in [6, 6.07) is 24.2. The van der Waals surface area contributed by atoms with Crippen molar-refractivity contribution in [2.45, 2.75) is 25.8 Å². The van der Waals surface area contributed by atoms with Gasteiger partial charge in [-0.2, -0.15) is 0 Å². The van der Waals surface area contributed by atoms with Crippen LogP contribution in [0.4, 0.5) is 4.39 Å². The molecule has 5 aromatic rings. The summed E-state index contributed by atoms with van der Waals surface area (Å²) < 4.78 is 23.7. The maximum Gasteiger partial charge on any atom is 0.271 e. The molecular weight excluding hydrogens is 575 g/mol. The molecule has 3 heterocycles. The van der Waals surface area contributed by atoms with Gasteiger partial charge in [-0.1, -0.05) is 69.7 Å². The molecule has 1 aliphatic heterocycles. The number of hydrogen-bond donors (Lipinski definition) is 0. The van der Waals surface area contributed by atoms with Crippen molar-refractivity contribution in [3.63, 3.8) is 0 Å². The van der Waals surface area contributed by atoms with E-state index < -0.39 is 6.04 Å². The zero-order valence-electron chi connectivity index (χ0n) is 20.9. The summed E-state index contributed by atoms with van der Waals surface area (Å²) in [4.78, 5) is 19.5. The van der Waals surface area contributed by atoms with E-state index in [4.69, 9.17) is 9.41 Å². The van der Waals surface area contributed by atoms with Crippen LogP contribution in [0, 0.1) is 12.7 Å². The van der Waals surface area contributed by atoms with Crippen LogP contribution in [0.3, 0.4) is 0 Å². The van der Waals surface area contributed by atoms with Crippen LogP contribution in [-0.2, 0) is 6.42 Å². The van der Waals surface area contributed by atoms with Gasteiger partial charge in [-0.05, 0) is 78.4 Å². The predicted molar refractivity (Wildman–Crippen MR) is 156 cm³/mol. The lowest BCUT2D eigenvalue weighted by Gasteiger charge is -2.30. The molecule has 0 radical (unpaired) electrons. The van der Waals surface area contributed by atoms with Crippen LogP contribution >= 0.6 is 27.3 Å². The van der Waals surface area contributed by atoms with E-state index in [0.29, 0.717) is 20.9 Å². The van der Waals surface area contributed by atoms with Crippen LogP contribution in [-0.4, -0.2) is 4.57 Å². The maximum atomic E-state index is 14.4. The molecule has 0 bridgehead atoms. The van der Waals surface area contributed by atoms with Crippen LogP contribution in [0.5, 0.6) is 0 Å². The van der Waals surface area contributed by atoms with Crippen molar-refractivity contribution in [3.05, 3.63) is 142 Å². The van der Waals surface area contributed by atoms with Gasteiger partial charge < -0.3 is 4.42 Å². The molecule has 2 aliphatic rings. The first kappa shape index (κ1) is 24.2. The number of furan rings is 1. The van der Waals surface area contributed by atoms with E-state index in [0.717, 1.165) is 50.8 Å². The molecule has 0 N–H and O–H groups in total. The Hall–Kier alpha value is -3.81. The third-order valence-corrected chi connectivity index (χ3v) is 8.97. The van der Waals surface area contributed by atoms with Crippen LogP contribution in [0.2, 0.25) is 0 Å². The molecule has 0 fully saturated rings. The summed E-state index contributed by atoms with van der Waals surface area (Å²) in [7, 11) is 0. The molecular formula is C32H22BrFN2O2S. The van der Waals surface area contributed by atoms with Gasteiger partial charge in [0.25, 0.3) is 5.56 Å². The molecule has 1 aliphatic carbocycles. The van der Waals surface area contributed by atoms with E-state index >= 15 is 0 Å². The van der Waals surface area contributed by atoms with Crippen molar-refractivity contribution in [3.8, 4) is 11.3 Å². The van der Waals surface area contributed by atoms with Crippen LogP contribution in [0.25, 0.3) is 23.1 Å². The molecule has 0 spiro atoms. The number of rotatable bonds is 3. The zero-order chi connectivity index (χ0) is 26.7. The molecule has 39 heavy (non-hydrogen) atoms. The Kier molecular flexibility index (Phi) is 5.86. The van der Waals surface area contributed by atoms with Gasteiger partial charge >= 0.3 is 0 Å². The third kappa shape index (κ3) is 4.17. The largest absolute Gasteiger partial charge is 0.457 e. The molecule has 7 rings (SSSR count). The van der Waals surface area contributed by atoms with Crippen molar-refractivity contribution in [1.82, 2.24) is 4.57 Å². The minimum atomic E-state index is -0.418. The maximum absolute atomic E-state index is 14.4. The highest BCUT2D eigenvalue weighted by Crippen LogP contribution is 2.41. The first-order chi connectivity index (χ1) is 19.0. The summed E-state index contributed by atoms with van der Waals surface area (Å²) in [6.07, 6.45) is 3.38. The van der Waals surface area contributed by atoms with Gasteiger partial charge in [0.15, 0.2) is 4.80 Å². The van der Waals surface area contributed by atoms with E-state index in [1.165, 1.54) is 29.0 Å². The van der Waals surface area contributed by atoms with Crippen molar-refractivity contribution < 1.29 is 8.81 Å². The number of aromatic nitrogens is 1. The first-order valence-electron chi connectivity index (χ1n) is 12.7. The number of fused-ring (bicyclic) bond motifs is 3. The standard InChI is InChI=1S/C32H22BrFN2O2S/c1-18-9-12-24(26(33)15-18)27-14-11-22(38-27)17-28-31(37)36-30(20-6-4-7-21(34)16-20)25-13-10-19-5-2-3-8-23(19)29(25)35-32(36)39-28/h2-9,11-12,14-17,30H,10,13H2,1H3/b28-17+/t30-/m1/s1. The summed E-state index contributed by atoms with van der Waals surface area (Å²) in [5, 5.41) is 0. The molecule has 3 aromatic carbocycles. The Morgan fingerprint density at radius 3 is 2.74 bits per heavy atom. The summed E-state index contributed by atoms with van der Waals surface area (Å²) >= 11 is 4.95. The van der Waals surface area contributed by atoms with Crippen LogP contribution < -0.4 is 14.9 Å². The van der Waals surface area contributed by atoms with Crippen LogP contribution in [0.1, 0.15) is 40.5 Å². The predicted octanol–water partition coefficient (Wildman–Crippen LogP) is 6.79. The van der Waals surface area contributed by atoms with Gasteiger partial charge in [-0.25, -0.2) is 9.38 Å². The van der Waals surface area contributed by atoms with Gasteiger partial charge in [0.05, 0.1) is 16.3 Å². The average molecular weight is 598 g/mol. The van der Waals surface area contributed by atoms with Crippen molar-refractivity contribution in [1.29, 1.82) is 0 Å². The second kappa shape index (κ2) is 9.43. The Balaban J connectivity index is 1.40. The lowest BCUT2D eigenvalue weighted by molar-refractivity contribution is 0.569. The van der Waals surface area contributed by atoms with E-state index in [1.54, 1.807) is 16.7 Å². The molecule has 0 saturated heterocycles. The minimum Gasteiger partial charge on any atom is -0.457 e. The Labute approximate surface area is 236 Å². The highest BCUT2D eigenvalue weighted by atomic mass is 79.9. The van der Waals surface area contributed by atoms with Crippen LogP contribution in [0.15, 0.2) is 103 Å². The fourth-order valence-corrected chi connectivity index (χ4v) is 7.19. The monoisotopic (exact) mass is 596 g/mol. The lowest BCUT2D eigenvalue weighted by atomic mass is 9.83. The van der Waals surface area contributed by atoms with Gasteiger partial charge in [0.2, 0.25) is 0 Å². The van der Waals surface area contributed by atoms with Crippen molar-refractivity contribution in [2.75, 3.05) is 0 Å². The van der Waals surface area contributed by atoms with E-state index in [2.05, 4.69) is 28.1 Å². The topological polar surface area (TPSA) is 47.5 Å². The number of hydrogen-bond acceptors (Lipinski definition) is 4. The van der Waals surface area contributed by atoms with Gasteiger partial charge in [0.1, 0.15) is 17.3 Å². The molecule has 0 unspecified atom stereocenters. The quantitative estimate of drug-likeness (QED) is 0.230. The van der Waals surface area contributed by atoms with E-state index in [1.807, 2.05) is 55.5 Å². The SMILES string of the molecule is Cc1ccc(-c2ccc(/C=c3/sc4n(c3=O)[C@H](c3cccc(F)c3)C3=C(N=4)c4ccccc4CC3)o2)c(Br)c1. The zero-order valence-corrected chi connectivity index (χ0v) is 23.4. The normalized spacial score (nSPS) is 16.5. The Morgan fingerprint density at radius 2 is 1.90 bits per heavy atom. The molecule has 7 heteroatoms. The fourth-order valence-electron chi connectivity index (χ4n) is 5.52. The number of halogens is 2. The molecule has 0 amide bonds. The summed E-state index contributed by atoms with van der Waals surface area (Å²) in [5.74, 6) is 0.972. The van der Waals surface area contributed by atoms with Gasteiger partial charge in [-0.3, -0.25) is 9.36 Å². The molecule has 1 atom stereocenters. The van der Waals surface area contributed by atoms with Gasteiger partial charge in [0, 0.05) is 21.7 Å². The van der Waals surface area contributed by atoms with Crippen molar-refractivity contribution in [2.24, 2.45) is 4.99 Å². The average Bonchev–Trinajstić information content (AvgIpc) is 3.51. The highest BCUT2D eigenvalue weighted by Gasteiger charge is 2.32. The van der Waals surface area contributed by atoms with Crippen molar-refractivity contribution >= 4 is 39.0 Å². The number of allylic oxidation sites excluding steroid dienone is 1. The van der Waals surface area contributed by atoms with Gasteiger partial charge in [-0.15, -0.1) is 0 Å². The number of thiazole rings is 1. The molecule has 2 aromatic heterocycles. The van der Waals surface area contributed by atoms with E-state index in [9.17, 15) is 9.18 Å². The summed E-state index contributed by atoms with van der Waals surface area (Å²) in [6.45, 7) is 2.04. The Morgan fingerprint density at radius 1 is 1.03 bits per heavy atom. The van der Waals surface area contributed by atoms with E-state index in [-0.39, 0.29) is 11.4 Å². The second-order valence-corrected chi connectivity index (χ2v) is 11.7. The lowest BCUT2D eigenvalue weighted by Crippen LogP contribution is -2.38. The molecule has 0 saturated carbocycles. The third-order valence-electron chi connectivity index (χ3n) is 7.33. The highest BCUT2D eigenvalue weighted by molar-refractivity contribution is 9.10. The number of aryl methyl sites for hydroxylation is 2. The number of nitrogens with zero attached hydrogens (tertiary/aromatic N) is 2. The number of benzene rings is 3. The fraction of sp³-hybridized carbons (Fsp3) is 0.125. The first-order valence-corrected chi connectivity index (χ1v) is 14.3. The minimum absolute atomic E-state index is 0.159. The summed E-state index contributed by atoms with van der Waals surface area (Å²) in [5.41, 5.74) is 6.93. The Bertz CT molecular complexity index is 2000. The second-order valence-electron chi connectivity index (χ2n) is 9.85. The molecule has 4 nitrogen and oxygen atoms in total. The molecule has 192 valence electrons.